The molecule has 1 fully saturated rings. The summed E-state index contributed by atoms with van der Waals surface area (Å²) in [6, 6.07) is 11.2. The minimum atomic E-state index is 0.301. The molecular formula is C15H20N4O. The molecule has 0 spiro atoms. The van der Waals surface area contributed by atoms with Gasteiger partial charge in [0.05, 0.1) is 13.1 Å². The van der Waals surface area contributed by atoms with Gasteiger partial charge in [0.1, 0.15) is 0 Å². The van der Waals surface area contributed by atoms with Gasteiger partial charge in [0.2, 0.25) is 5.89 Å². The summed E-state index contributed by atoms with van der Waals surface area (Å²) in [4.78, 5) is 6.69. The van der Waals surface area contributed by atoms with Crippen LogP contribution in [-0.2, 0) is 13.1 Å². The fraction of sp³-hybridized carbons (Fsp3) is 0.467. The second-order valence-electron chi connectivity index (χ2n) is 5.33. The van der Waals surface area contributed by atoms with E-state index in [9.17, 15) is 0 Å². The quantitative estimate of drug-likeness (QED) is 0.920. The van der Waals surface area contributed by atoms with E-state index in [0.717, 1.165) is 18.9 Å². The molecule has 1 saturated heterocycles. The normalized spacial score (nSPS) is 23.3. The molecule has 2 heterocycles. The molecule has 0 aliphatic carbocycles. The Morgan fingerprint density at radius 3 is 2.85 bits per heavy atom. The lowest BCUT2D eigenvalue weighted by molar-refractivity contribution is 0.241. The van der Waals surface area contributed by atoms with Gasteiger partial charge in [0.15, 0.2) is 5.82 Å². The average Bonchev–Trinajstić information content (AvgIpc) is 3.08. The van der Waals surface area contributed by atoms with Crippen LogP contribution in [0.2, 0.25) is 0 Å². The van der Waals surface area contributed by atoms with E-state index in [0.29, 0.717) is 24.4 Å². The first kappa shape index (κ1) is 13.3. The average molecular weight is 272 g/mol. The Kier molecular flexibility index (Phi) is 3.80. The Morgan fingerprint density at radius 2 is 2.15 bits per heavy atom. The number of aromatic nitrogens is 2. The molecule has 0 amide bonds. The molecule has 1 aromatic heterocycles. The number of likely N-dealkylation sites (tertiary alicyclic amines) is 1. The van der Waals surface area contributed by atoms with Crippen molar-refractivity contribution in [2.45, 2.75) is 38.4 Å². The second kappa shape index (κ2) is 5.73. The van der Waals surface area contributed by atoms with Crippen LogP contribution in [0, 0.1) is 0 Å². The van der Waals surface area contributed by atoms with Crippen LogP contribution in [0.5, 0.6) is 0 Å². The lowest BCUT2D eigenvalue weighted by atomic mass is 9.93. The van der Waals surface area contributed by atoms with E-state index in [2.05, 4.69) is 52.3 Å². The molecule has 2 atom stereocenters. The van der Waals surface area contributed by atoms with Crippen LogP contribution in [0.25, 0.3) is 0 Å². The number of nitrogens with zero attached hydrogens (tertiary/aromatic N) is 3. The molecule has 0 radical (unpaired) electrons. The summed E-state index contributed by atoms with van der Waals surface area (Å²) in [5.74, 6) is 1.81. The van der Waals surface area contributed by atoms with Crippen molar-refractivity contribution in [2.75, 3.05) is 6.54 Å². The van der Waals surface area contributed by atoms with Crippen LogP contribution in [0.3, 0.4) is 0 Å². The van der Waals surface area contributed by atoms with E-state index >= 15 is 0 Å². The highest BCUT2D eigenvalue weighted by atomic mass is 16.5. The maximum Gasteiger partial charge on any atom is 0.240 e. The highest BCUT2D eigenvalue weighted by Crippen LogP contribution is 2.33. The monoisotopic (exact) mass is 272 g/mol. The number of hydrogen-bond acceptors (Lipinski definition) is 5. The fourth-order valence-electron chi connectivity index (χ4n) is 2.99. The Morgan fingerprint density at radius 1 is 1.35 bits per heavy atom. The van der Waals surface area contributed by atoms with Crippen LogP contribution >= 0.6 is 0 Å². The van der Waals surface area contributed by atoms with Gasteiger partial charge in [-0.1, -0.05) is 35.5 Å². The molecule has 5 heteroatoms. The molecule has 1 aromatic carbocycles. The zero-order chi connectivity index (χ0) is 13.9. The largest absolute Gasteiger partial charge is 0.338 e. The van der Waals surface area contributed by atoms with Crippen LogP contribution in [0.15, 0.2) is 34.9 Å². The smallest absolute Gasteiger partial charge is 0.240 e. The van der Waals surface area contributed by atoms with Gasteiger partial charge >= 0.3 is 0 Å². The highest BCUT2D eigenvalue weighted by molar-refractivity contribution is 5.22. The molecule has 0 saturated carbocycles. The van der Waals surface area contributed by atoms with E-state index in [-0.39, 0.29) is 0 Å². The molecule has 0 bridgehead atoms. The predicted octanol–water partition coefficient (Wildman–Crippen LogP) is 1.91. The first-order chi connectivity index (χ1) is 9.78. The SMILES string of the molecule is CC1C(c2ccccc2)CCN1Cc1noc(CN)n1. The molecule has 20 heavy (non-hydrogen) atoms. The topological polar surface area (TPSA) is 68.2 Å². The number of rotatable bonds is 4. The molecule has 5 nitrogen and oxygen atoms in total. The van der Waals surface area contributed by atoms with Gasteiger partial charge in [-0.05, 0) is 25.5 Å². The number of benzene rings is 1. The van der Waals surface area contributed by atoms with Gasteiger partial charge in [-0.25, -0.2) is 0 Å². The number of nitrogens with two attached hydrogens (primary N) is 1. The van der Waals surface area contributed by atoms with Crippen LogP contribution < -0.4 is 5.73 Å². The minimum Gasteiger partial charge on any atom is -0.338 e. The van der Waals surface area contributed by atoms with Gasteiger partial charge in [-0.2, -0.15) is 4.98 Å². The molecular weight excluding hydrogens is 252 g/mol. The molecule has 2 N–H and O–H groups in total. The maximum atomic E-state index is 5.49. The summed E-state index contributed by atoms with van der Waals surface area (Å²) < 4.78 is 5.06. The first-order valence-corrected chi connectivity index (χ1v) is 7.08. The van der Waals surface area contributed by atoms with E-state index in [1.54, 1.807) is 0 Å². The Hall–Kier alpha value is -1.72. The van der Waals surface area contributed by atoms with E-state index < -0.39 is 0 Å². The summed E-state index contributed by atoms with van der Waals surface area (Å²) in [5, 5.41) is 3.97. The zero-order valence-electron chi connectivity index (χ0n) is 11.7. The summed E-state index contributed by atoms with van der Waals surface area (Å²) in [6.45, 7) is 4.37. The van der Waals surface area contributed by atoms with Crippen LogP contribution in [-0.4, -0.2) is 27.6 Å². The van der Waals surface area contributed by atoms with Crippen LogP contribution in [0.4, 0.5) is 0 Å². The van der Waals surface area contributed by atoms with Crippen molar-refractivity contribution < 1.29 is 4.52 Å². The fourth-order valence-corrected chi connectivity index (χ4v) is 2.99. The van der Waals surface area contributed by atoms with Gasteiger partial charge in [0.25, 0.3) is 0 Å². The highest BCUT2D eigenvalue weighted by Gasteiger charge is 2.32. The first-order valence-electron chi connectivity index (χ1n) is 7.08. The van der Waals surface area contributed by atoms with Crippen molar-refractivity contribution in [3.8, 4) is 0 Å². The lowest BCUT2D eigenvalue weighted by Gasteiger charge is -2.23. The second-order valence-corrected chi connectivity index (χ2v) is 5.33. The lowest BCUT2D eigenvalue weighted by Crippen LogP contribution is -2.29. The summed E-state index contributed by atoms with van der Waals surface area (Å²) in [6.07, 6.45) is 1.17. The Bertz CT molecular complexity index is 554. The Balaban J connectivity index is 1.68. The predicted molar refractivity (Wildman–Crippen MR) is 75.9 cm³/mol. The summed E-state index contributed by atoms with van der Waals surface area (Å²) >= 11 is 0. The van der Waals surface area contributed by atoms with Crippen LogP contribution in [0.1, 0.15) is 36.5 Å². The minimum absolute atomic E-state index is 0.301. The van der Waals surface area contributed by atoms with Crippen molar-refractivity contribution >= 4 is 0 Å². The van der Waals surface area contributed by atoms with Gasteiger partial charge in [-0.3, -0.25) is 4.90 Å². The van der Waals surface area contributed by atoms with Crippen molar-refractivity contribution in [1.29, 1.82) is 0 Å². The van der Waals surface area contributed by atoms with Crippen molar-refractivity contribution in [1.82, 2.24) is 15.0 Å². The molecule has 1 aliphatic heterocycles. The molecule has 1 aliphatic rings. The zero-order valence-corrected chi connectivity index (χ0v) is 11.7. The van der Waals surface area contributed by atoms with E-state index in [1.807, 2.05) is 0 Å². The third-order valence-electron chi connectivity index (χ3n) is 4.14. The van der Waals surface area contributed by atoms with Crippen molar-refractivity contribution in [3.63, 3.8) is 0 Å². The maximum absolute atomic E-state index is 5.49. The Labute approximate surface area is 118 Å². The summed E-state index contributed by atoms with van der Waals surface area (Å²) in [5.41, 5.74) is 6.90. The standard InChI is InChI=1S/C15H20N4O/c1-11-13(12-5-3-2-4-6-12)7-8-19(11)10-14-17-15(9-16)20-18-14/h2-6,11,13H,7-10,16H2,1H3. The third kappa shape index (κ3) is 2.59. The number of hydrogen-bond donors (Lipinski definition) is 1. The third-order valence-corrected chi connectivity index (χ3v) is 4.14. The molecule has 3 rings (SSSR count). The van der Waals surface area contributed by atoms with Gasteiger partial charge in [0, 0.05) is 12.0 Å². The van der Waals surface area contributed by atoms with Gasteiger partial charge in [-0.15, -0.1) is 0 Å². The van der Waals surface area contributed by atoms with E-state index in [4.69, 9.17) is 10.3 Å². The molecule has 2 unspecified atom stereocenters. The summed E-state index contributed by atoms with van der Waals surface area (Å²) in [7, 11) is 0. The van der Waals surface area contributed by atoms with Gasteiger partial charge < -0.3 is 10.3 Å². The molecule has 2 aromatic rings. The van der Waals surface area contributed by atoms with Crippen molar-refractivity contribution in [3.05, 3.63) is 47.6 Å². The van der Waals surface area contributed by atoms with Crippen molar-refractivity contribution in [2.24, 2.45) is 5.73 Å². The molecule has 106 valence electrons. The van der Waals surface area contributed by atoms with E-state index in [1.165, 1.54) is 12.0 Å².